The Morgan fingerprint density at radius 1 is 1.13 bits per heavy atom. The smallest absolute Gasteiger partial charge is 0.240 e. The number of rotatable bonds is 2. The van der Waals surface area contributed by atoms with Crippen LogP contribution in [0.5, 0.6) is 0 Å². The molecule has 0 aliphatic heterocycles. The molecule has 8 heteroatoms. The van der Waals surface area contributed by atoms with Crippen molar-refractivity contribution in [2.75, 3.05) is 12.0 Å². The Morgan fingerprint density at radius 3 is 2.00 bits per heavy atom. The molecule has 0 unspecified atom stereocenters. The topological polar surface area (TPSA) is 120 Å². The highest BCUT2D eigenvalue weighted by molar-refractivity contribution is 7.90. The highest BCUT2D eigenvalue weighted by atomic mass is 32.2. The molecule has 0 aliphatic carbocycles. The van der Waals surface area contributed by atoms with Crippen LogP contribution in [-0.2, 0) is 19.9 Å². The number of primary sulfonamides is 1. The van der Waals surface area contributed by atoms with Gasteiger partial charge in [-0.2, -0.15) is 0 Å². The monoisotopic (exact) mass is 250 g/mol. The lowest BCUT2D eigenvalue weighted by atomic mass is 10.3. The van der Waals surface area contributed by atoms with E-state index in [2.05, 4.69) is 0 Å². The van der Waals surface area contributed by atoms with Gasteiger partial charge in [0.25, 0.3) is 0 Å². The third-order valence-corrected chi connectivity index (χ3v) is 3.81. The van der Waals surface area contributed by atoms with Crippen LogP contribution in [0.15, 0.2) is 28.0 Å². The van der Waals surface area contributed by atoms with Crippen LogP contribution in [0.25, 0.3) is 0 Å². The number of nitrogens with two attached hydrogens (primary N) is 2. The van der Waals surface area contributed by atoms with Gasteiger partial charge >= 0.3 is 0 Å². The lowest BCUT2D eigenvalue weighted by molar-refractivity contribution is 0.596. The standard InChI is InChI=1S/C7H10N2O4S2/c1-14(10,11)5-2-3-7(6(8)4-5)15(9,12)13/h2-4H,8H2,1H3,(H2,9,12,13). The van der Waals surface area contributed by atoms with Crippen LogP contribution in [0.2, 0.25) is 0 Å². The maximum absolute atomic E-state index is 11.1. The molecule has 0 amide bonds. The van der Waals surface area contributed by atoms with Crippen molar-refractivity contribution in [3.8, 4) is 0 Å². The summed E-state index contributed by atoms with van der Waals surface area (Å²) in [6.07, 6.45) is 0.998. The van der Waals surface area contributed by atoms with Crippen LogP contribution in [0.4, 0.5) is 5.69 Å². The van der Waals surface area contributed by atoms with Crippen LogP contribution in [0.3, 0.4) is 0 Å². The molecule has 0 aromatic heterocycles. The predicted molar refractivity (Wildman–Crippen MR) is 55.3 cm³/mol. The predicted octanol–water partition coefficient (Wildman–Crippen LogP) is -0.680. The molecule has 1 rings (SSSR count). The van der Waals surface area contributed by atoms with E-state index in [1.54, 1.807) is 0 Å². The number of hydrogen-bond donors (Lipinski definition) is 2. The summed E-state index contributed by atoms with van der Waals surface area (Å²) < 4.78 is 44.1. The van der Waals surface area contributed by atoms with E-state index in [1.807, 2.05) is 0 Å². The van der Waals surface area contributed by atoms with E-state index in [9.17, 15) is 16.8 Å². The van der Waals surface area contributed by atoms with Crippen molar-refractivity contribution in [2.45, 2.75) is 9.79 Å². The SMILES string of the molecule is CS(=O)(=O)c1ccc(S(N)(=O)=O)c(N)c1. The van der Waals surface area contributed by atoms with Gasteiger partial charge in [-0.05, 0) is 18.2 Å². The van der Waals surface area contributed by atoms with Gasteiger partial charge in [-0.3, -0.25) is 0 Å². The second-order valence-electron chi connectivity index (χ2n) is 3.02. The van der Waals surface area contributed by atoms with Crippen molar-refractivity contribution in [1.82, 2.24) is 0 Å². The number of sulfonamides is 1. The van der Waals surface area contributed by atoms with E-state index in [1.165, 1.54) is 0 Å². The molecule has 15 heavy (non-hydrogen) atoms. The zero-order valence-corrected chi connectivity index (χ0v) is 9.47. The van der Waals surface area contributed by atoms with E-state index in [-0.39, 0.29) is 15.5 Å². The van der Waals surface area contributed by atoms with Gasteiger partial charge in [0, 0.05) is 6.26 Å². The molecule has 1 aromatic rings. The highest BCUT2D eigenvalue weighted by Crippen LogP contribution is 2.20. The number of sulfone groups is 1. The van der Waals surface area contributed by atoms with Crippen LogP contribution >= 0.6 is 0 Å². The largest absolute Gasteiger partial charge is 0.398 e. The molecule has 4 N–H and O–H groups in total. The van der Waals surface area contributed by atoms with Crippen molar-refractivity contribution in [3.63, 3.8) is 0 Å². The molecule has 84 valence electrons. The summed E-state index contributed by atoms with van der Waals surface area (Å²) >= 11 is 0. The molecular formula is C7H10N2O4S2. The zero-order valence-electron chi connectivity index (χ0n) is 7.84. The molecule has 6 nitrogen and oxygen atoms in total. The molecule has 0 fully saturated rings. The fourth-order valence-electron chi connectivity index (χ4n) is 1.02. The second kappa shape index (κ2) is 3.47. The quantitative estimate of drug-likeness (QED) is 0.674. The molecule has 0 heterocycles. The average molecular weight is 250 g/mol. The normalized spacial score (nSPS) is 12.7. The Morgan fingerprint density at radius 2 is 1.67 bits per heavy atom. The number of hydrogen-bond acceptors (Lipinski definition) is 5. The summed E-state index contributed by atoms with van der Waals surface area (Å²) in [6.45, 7) is 0. The van der Waals surface area contributed by atoms with Crippen molar-refractivity contribution >= 4 is 25.5 Å². The van der Waals surface area contributed by atoms with Gasteiger partial charge in [0.15, 0.2) is 9.84 Å². The Bertz CT molecular complexity index is 589. The molecule has 0 radical (unpaired) electrons. The minimum absolute atomic E-state index is 0.0487. The maximum atomic E-state index is 11.1. The van der Waals surface area contributed by atoms with Gasteiger partial charge in [0.05, 0.1) is 10.6 Å². The van der Waals surface area contributed by atoms with E-state index in [4.69, 9.17) is 10.9 Å². The maximum Gasteiger partial charge on any atom is 0.240 e. The summed E-state index contributed by atoms with van der Waals surface area (Å²) in [5.41, 5.74) is 5.20. The Kier molecular flexibility index (Phi) is 2.77. The number of benzene rings is 1. The highest BCUT2D eigenvalue weighted by Gasteiger charge is 2.15. The third kappa shape index (κ3) is 2.67. The minimum Gasteiger partial charge on any atom is -0.398 e. The van der Waals surface area contributed by atoms with E-state index >= 15 is 0 Å². The molecule has 0 saturated heterocycles. The molecule has 0 aliphatic rings. The van der Waals surface area contributed by atoms with Gasteiger partial charge in [0.1, 0.15) is 4.90 Å². The minimum atomic E-state index is -3.92. The van der Waals surface area contributed by atoms with Crippen LogP contribution in [-0.4, -0.2) is 23.1 Å². The lowest BCUT2D eigenvalue weighted by Crippen LogP contribution is -2.14. The van der Waals surface area contributed by atoms with E-state index in [0.717, 1.165) is 24.5 Å². The number of nitrogen functional groups attached to an aromatic ring is 1. The first-order valence-electron chi connectivity index (χ1n) is 3.75. The van der Waals surface area contributed by atoms with Crippen LogP contribution in [0, 0.1) is 0 Å². The Balaban J connectivity index is 3.47. The third-order valence-electron chi connectivity index (χ3n) is 1.72. The van der Waals surface area contributed by atoms with E-state index < -0.39 is 19.9 Å². The fraction of sp³-hybridized carbons (Fsp3) is 0.143. The van der Waals surface area contributed by atoms with Crippen LogP contribution in [0.1, 0.15) is 0 Å². The van der Waals surface area contributed by atoms with Crippen molar-refractivity contribution in [1.29, 1.82) is 0 Å². The van der Waals surface area contributed by atoms with Gasteiger partial charge in [-0.15, -0.1) is 0 Å². The second-order valence-corrected chi connectivity index (χ2v) is 6.56. The molecular weight excluding hydrogens is 240 g/mol. The molecule has 0 bridgehead atoms. The van der Waals surface area contributed by atoms with Crippen molar-refractivity contribution in [3.05, 3.63) is 18.2 Å². The van der Waals surface area contributed by atoms with E-state index in [0.29, 0.717) is 0 Å². The van der Waals surface area contributed by atoms with Gasteiger partial charge in [-0.1, -0.05) is 0 Å². The van der Waals surface area contributed by atoms with Gasteiger partial charge < -0.3 is 5.73 Å². The first-order chi connectivity index (χ1) is 6.62. The summed E-state index contributed by atoms with van der Waals surface area (Å²) in [5.74, 6) is 0. The first kappa shape index (κ1) is 12.0. The molecule has 1 aromatic carbocycles. The van der Waals surface area contributed by atoms with Crippen molar-refractivity contribution in [2.24, 2.45) is 5.14 Å². The zero-order chi connectivity index (χ0) is 11.9. The van der Waals surface area contributed by atoms with Gasteiger partial charge in [0.2, 0.25) is 10.0 Å². The Hall–Kier alpha value is -1.12. The van der Waals surface area contributed by atoms with Gasteiger partial charge in [-0.25, -0.2) is 22.0 Å². The van der Waals surface area contributed by atoms with Crippen molar-refractivity contribution < 1.29 is 16.8 Å². The number of anilines is 1. The lowest BCUT2D eigenvalue weighted by Gasteiger charge is -2.04. The summed E-state index contributed by atoms with van der Waals surface area (Å²) in [4.78, 5) is -0.331. The molecule has 0 spiro atoms. The summed E-state index contributed by atoms with van der Waals surface area (Å²) in [5, 5.41) is 4.86. The molecule has 0 atom stereocenters. The molecule has 0 saturated carbocycles. The summed E-state index contributed by atoms with van der Waals surface area (Å²) in [7, 11) is -7.32. The van der Waals surface area contributed by atoms with Crippen LogP contribution < -0.4 is 10.9 Å². The fourth-order valence-corrected chi connectivity index (χ4v) is 2.32. The average Bonchev–Trinajstić information content (AvgIpc) is 1.99. The summed E-state index contributed by atoms with van der Waals surface area (Å²) in [6, 6.07) is 3.28. The Labute approximate surface area is 87.9 Å². The first-order valence-corrected chi connectivity index (χ1v) is 7.18.